The fourth-order valence-electron chi connectivity index (χ4n) is 2.12. The molecular weight excluding hydrogens is 242 g/mol. The van der Waals surface area contributed by atoms with Crippen molar-refractivity contribution in [1.82, 2.24) is 5.32 Å². The summed E-state index contributed by atoms with van der Waals surface area (Å²) in [7, 11) is -2.65. The zero-order valence-corrected chi connectivity index (χ0v) is 12.7. The van der Waals surface area contributed by atoms with E-state index in [2.05, 4.69) is 12.2 Å². The van der Waals surface area contributed by atoms with E-state index in [0.29, 0.717) is 0 Å². The SMILES string of the molecule is CCC[C@H](NC(C)=O)[Si](C)(O)c1ccc(C)cc1. The van der Waals surface area contributed by atoms with Gasteiger partial charge in [-0.3, -0.25) is 4.79 Å². The van der Waals surface area contributed by atoms with Gasteiger partial charge in [0.15, 0.2) is 0 Å². The lowest BCUT2D eigenvalue weighted by molar-refractivity contribution is -0.119. The molecule has 0 bridgehead atoms. The summed E-state index contributed by atoms with van der Waals surface area (Å²) in [5, 5.41) is 3.88. The normalized spacial score (nSPS) is 15.8. The van der Waals surface area contributed by atoms with Gasteiger partial charge in [-0.1, -0.05) is 43.2 Å². The van der Waals surface area contributed by atoms with Crippen LogP contribution in [0, 0.1) is 6.92 Å². The van der Waals surface area contributed by atoms with Gasteiger partial charge in [-0.25, -0.2) is 0 Å². The van der Waals surface area contributed by atoms with Crippen LogP contribution < -0.4 is 10.5 Å². The van der Waals surface area contributed by atoms with E-state index in [1.807, 2.05) is 37.7 Å². The molecule has 100 valence electrons. The maximum Gasteiger partial charge on any atom is 0.239 e. The first-order valence-electron chi connectivity index (χ1n) is 6.44. The number of amides is 1. The Morgan fingerprint density at radius 2 is 1.94 bits per heavy atom. The number of hydrogen-bond acceptors (Lipinski definition) is 2. The number of benzene rings is 1. The van der Waals surface area contributed by atoms with Gasteiger partial charge >= 0.3 is 0 Å². The maximum absolute atomic E-state index is 11.3. The second kappa shape index (κ2) is 6.16. The van der Waals surface area contributed by atoms with Crippen LogP contribution in [0.3, 0.4) is 0 Å². The third kappa shape index (κ3) is 3.68. The van der Waals surface area contributed by atoms with Crippen molar-refractivity contribution < 1.29 is 9.59 Å². The van der Waals surface area contributed by atoms with Gasteiger partial charge in [0.1, 0.15) is 0 Å². The molecule has 0 aliphatic rings. The summed E-state index contributed by atoms with van der Waals surface area (Å²) in [6.07, 6.45) is 1.76. The summed E-state index contributed by atoms with van der Waals surface area (Å²) in [5.41, 5.74) is 1.05. The van der Waals surface area contributed by atoms with E-state index >= 15 is 0 Å². The fraction of sp³-hybridized carbons (Fsp3) is 0.500. The van der Waals surface area contributed by atoms with E-state index in [0.717, 1.165) is 18.0 Å². The molecule has 1 amide bonds. The molecule has 0 fully saturated rings. The van der Waals surface area contributed by atoms with Crippen molar-refractivity contribution in [3.63, 3.8) is 0 Å². The van der Waals surface area contributed by atoms with Crippen molar-refractivity contribution in [2.75, 3.05) is 0 Å². The molecule has 4 heteroatoms. The van der Waals surface area contributed by atoms with E-state index in [9.17, 15) is 9.59 Å². The minimum absolute atomic E-state index is 0.0756. The molecule has 0 aliphatic heterocycles. The van der Waals surface area contributed by atoms with Gasteiger partial charge in [0.05, 0.1) is 5.67 Å². The van der Waals surface area contributed by atoms with Crippen molar-refractivity contribution >= 4 is 19.4 Å². The molecule has 1 aromatic rings. The molecule has 0 aliphatic carbocycles. The molecule has 0 spiro atoms. The predicted molar refractivity (Wildman–Crippen MR) is 77.2 cm³/mol. The molecular formula is C14H23NO2Si. The number of hydrogen-bond donors (Lipinski definition) is 2. The van der Waals surface area contributed by atoms with Gasteiger partial charge in [0.25, 0.3) is 0 Å². The maximum atomic E-state index is 11.3. The van der Waals surface area contributed by atoms with Crippen molar-refractivity contribution in [3.05, 3.63) is 29.8 Å². The highest BCUT2D eigenvalue weighted by molar-refractivity contribution is 6.85. The lowest BCUT2D eigenvalue weighted by atomic mass is 10.2. The number of rotatable bonds is 5. The summed E-state index contributed by atoms with van der Waals surface area (Å²) in [4.78, 5) is 22.1. The fourth-order valence-corrected chi connectivity index (χ4v) is 4.70. The monoisotopic (exact) mass is 265 g/mol. The number of carbonyl (C=O) groups is 1. The Morgan fingerprint density at radius 3 is 2.39 bits per heavy atom. The topological polar surface area (TPSA) is 49.3 Å². The van der Waals surface area contributed by atoms with Crippen LogP contribution in [0.2, 0.25) is 6.55 Å². The Balaban J connectivity index is 2.99. The van der Waals surface area contributed by atoms with Crippen LogP contribution in [0.5, 0.6) is 0 Å². The Bertz CT molecular complexity index is 401. The van der Waals surface area contributed by atoms with E-state index in [1.165, 1.54) is 12.5 Å². The van der Waals surface area contributed by atoms with Crippen LogP contribution in [-0.4, -0.2) is 24.7 Å². The van der Waals surface area contributed by atoms with Crippen LogP contribution >= 0.6 is 0 Å². The van der Waals surface area contributed by atoms with Crippen LogP contribution in [0.1, 0.15) is 32.3 Å². The van der Waals surface area contributed by atoms with E-state index in [1.54, 1.807) is 0 Å². The van der Waals surface area contributed by atoms with Crippen LogP contribution in [0.15, 0.2) is 24.3 Å². The molecule has 3 nitrogen and oxygen atoms in total. The third-order valence-electron chi connectivity index (χ3n) is 3.27. The molecule has 1 aromatic carbocycles. The van der Waals surface area contributed by atoms with E-state index < -0.39 is 8.32 Å². The lowest BCUT2D eigenvalue weighted by Crippen LogP contribution is -2.62. The Morgan fingerprint density at radius 1 is 1.39 bits per heavy atom. The minimum atomic E-state index is -2.65. The second-order valence-electron chi connectivity index (χ2n) is 5.06. The van der Waals surface area contributed by atoms with Crippen LogP contribution in [0.4, 0.5) is 0 Å². The number of aryl methyl sites for hydroxylation is 1. The van der Waals surface area contributed by atoms with Gasteiger partial charge in [-0.2, -0.15) is 0 Å². The number of nitrogens with one attached hydrogen (secondary N) is 1. The Hall–Kier alpha value is -1.13. The van der Waals surface area contributed by atoms with Crippen molar-refractivity contribution in [2.24, 2.45) is 0 Å². The van der Waals surface area contributed by atoms with Gasteiger partial charge in [0, 0.05) is 6.92 Å². The van der Waals surface area contributed by atoms with E-state index in [4.69, 9.17) is 0 Å². The highest BCUT2D eigenvalue weighted by atomic mass is 28.4. The largest absolute Gasteiger partial charge is 0.426 e. The lowest BCUT2D eigenvalue weighted by Gasteiger charge is -2.31. The molecule has 0 saturated carbocycles. The molecule has 0 radical (unpaired) electrons. The van der Waals surface area contributed by atoms with Gasteiger partial charge in [-0.15, -0.1) is 0 Å². The summed E-state index contributed by atoms with van der Waals surface area (Å²) in [6, 6.07) is 7.97. The molecule has 18 heavy (non-hydrogen) atoms. The highest BCUT2D eigenvalue weighted by Gasteiger charge is 2.37. The van der Waals surface area contributed by atoms with Gasteiger partial charge in [-0.05, 0) is 25.1 Å². The minimum Gasteiger partial charge on any atom is -0.426 e. The van der Waals surface area contributed by atoms with E-state index in [-0.39, 0.29) is 11.6 Å². The van der Waals surface area contributed by atoms with Crippen molar-refractivity contribution in [3.8, 4) is 0 Å². The van der Waals surface area contributed by atoms with Gasteiger partial charge < -0.3 is 10.1 Å². The van der Waals surface area contributed by atoms with Crippen LogP contribution in [-0.2, 0) is 4.79 Å². The van der Waals surface area contributed by atoms with Crippen LogP contribution in [0.25, 0.3) is 0 Å². The molecule has 0 aromatic heterocycles. The standard InChI is InChI=1S/C14H23NO2Si/c1-5-6-14(15-12(3)16)18(4,17)13-9-7-11(2)8-10-13/h7-10,14,17H,5-6H2,1-4H3,(H,15,16)/t14-,18?/m1/s1. The molecule has 2 N–H and O–H groups in total. The molecule has 0 saturated heterocycles. The average Bonchev–Trinajstić information content (AvgIpc) is 2.28. The molecule has 2 atom stereocenters. The zero-order chi connectivity index (χ0) is 13.8. The highest BCUT2D eigenvalue weighted by Crippen LogP contribution is 2.12. The molecule has 0 heterocycles. The summed E-state index contributed by atoms with van der Waals surface area (Å²) in [6.45, 7) is 7.49. The molecule has 1 unspecified atom stereocenters. The summed E-state index contributed by atoms with van der Waals surface area (Å²) >= 11 is 0. The Kier molecular flexibility index (Phi) is 5.11. The van der Waals surface area contributed by atoms with Crippen molar-refractivity contribution in [2.45, 2.75) is 45.8 Å². The van der Waals surface area contributed by atoms with Gasteiger partial charge in [0.2, 0.25) is 14.2 Å². The zero-order valence-electron chi connectivity index (χ0n) is 11.7. The first kappa shape index (κ1) is 14.9. The quantitative estimate of drug-likeness (QED) is 0.795. The first-order valence-corrected chi connectivity index (χ1v) is 8.97. The first-order chi connectivity index (χ1) is 8.37. The predicted octanol–water partition coefficient (Wildman–Crippen LogP) is 1.61. The second-order valence-corrected chi connectivity index (χ2v) is 8.62. The average molecular weight is 265 g/mol. The molecule has 1 rings (SSSR count). The smallest absolute Gasteiger partial charge is 0.239 e. The van der Waals surface area contributed by atoms with Crippen molar-refractivity contribution in [1.29, 1.82) is 0 Å². The number of carbonyl (C=O) groups excluding carboxylic acids is 1. The summed E-state index contributed by atoms with van der Waals surface area (Å²) < 4.78 is 0. The third-order valence-corrected chi connectivity index (χ3v) is 6.56. The Labute approximate surface area is 110 Å². The summed E-state index contributed by atoms with van der Waals surface area (Å²) in [5.74, 6) is -0.0756.